The molecule has 3 aromatic rings. The third-order valence-electron chi connectivity index (χ3n) is 4.81. The van der Waals surface area contributed by atoms with Crippen molar-refractivity contribution in [3.8, 4) is 5.75 Å². The van der Waals surface area contributed by atoms with E-state index >= 15 is 0 Å². The number of rotatable bonds is 4. The Morgan fingerprint density at radius 1 is 1.08 bits per heavy atom. The van der Waals surface area contributed by atoms with Gasteiger partial charge in [0.2, 0.25) is 0 Å². The van der Waals surface area contributed by atoms with Gasteiger partial charge in [-0.2, -0.15) is 4.57 Å². The van der Waals surface area contributed by atoms with E-state index in [1.54, 1.807) is 7.11 Å². The predicted octanol–water partition coefficient (Wildman–Crippen LogP) is 3.35. The first-order chi connectivity index (χ1) is 12.6. The number of pyridine rings is 1. The van der Waals surface area contributed by atoms with Crippen LogP contribution < -0.4 is 14.2 Å². The minimum Gasteiger partial charge on any atom is -0.497 e. The zero-order valence-electron chi connectivity index (χ0n) is 14.5. The van der Waals surface area contributed by atoms with Crippen LogP contribution >= 0.6 is 11.6 Å². The summed E-state index contributed by atoms with van der Waals surface area (Å²) in [6.45, 7) is 1.16. The first-order valence-corrected chi connectivity index (χ1v) is 8.85. The van der Waals surface area contributed by atoms with Crippen LogP contribution in [-0.2, 0) is 12.3 Å². The fraction of sp³-hybridized carbons (Fsp3) is 0.190. The average Bonchev–Trinajstić information content (AvgIpc) is 2.96. The number of halogens is 1. The molecule has 4 nitrogen and oxygen atoms in total. The van der Waals surface area contributed by atoms with Gasteiger partial charge in [0.25, 0.3) is 11.5 Å². The van der Waals surface area contributed by atoms with Gasteiger partial charge in [-0.25, -0.2) is 4.90 Å². The minimum atomic E-state index is -1.13. The molecule has 0 radical (unpaired) electrons. The lowest BCUT2D eigenvalue weighted by Crippen LogP contribution is -2.55. The summed E-state index contributed by atoms with van der Waals surface area (Å²) in [4.78, 5) is 2.18. The Labute approximate surface area is 157 Å². The van der Waals surface area contributed by atoms with Crippen LogP contribution in [0, 0.1) is 0 Å². The number of methoxy groups -OCH3 is 1. The lowest BCUT2D eigenvalue weighted by atomic mass is 10.0. The van der Waals surface area contributed by atoms with Crippen LogP contribution in [0.5, 0.6) is 5.75 Å². The summed E-state index contributed by atoms with van der Waals surface area (Å²) in [7, 11) is 1.66. The van der Waals surface area contributed by atoms with E-state index in [1.807, 2.05) is 77.5 Å². The molecule has 0 bridgehead atoms. The van der Waals surface area contributed by atoms with Gasteiger partial charge in [-0.1, -0.05) is 41.9 Å². The van der Waals surface area contributed by atoms with Gasteiger partial charge in [-0.05, 0) is 35.9 Å². The topological polar surface area (TPSA) is 36.6 Å². The molecule has 0 saturated heterocycles. The molecular weight excluding hydrogens is 348 g/mol. The number of hydrogen-bond acceptors (Lipinski definition) is 3. The standard InChI is InChI=1S/C21H20ClN2O2/c1-26-19-11-5-16(6-12-19)14-23-15-21(25,17-7-9-18(22)10-8-17)24-13-3-2-4-20(23)24/h2-13,25H,14-15H2,1H3/q+1/t21-/m1/s1. The maximum Gasteiger partial charge on any atom is 0.279 e. The molecule has 4 rings (SSSR count). The van der Waals surface area contributed by atoms with Crippen LogP contribution in [0.4, 0.5) is 5.82 Å². The van der Waals surface area contributed by atoms with Crippen molar-refractivity contribution in [3.63, 3.8) is 0 Å². The maximum absolute atomic E-state index is 11.5. The monoisotopic (exact) mass is 367 g/mol. The molecule has 1 atom stereocenters. The Morgan fingerprint density at radius 3 is 2.50 bits per heavy atom. The van der Waals surface area contributed by atoms with Crippen molar-refractivity contribution in [1.29, 1.82) is 0 Å². The van der Waals surface area contributed by atoms with Crippen LogP contribution in [-0.4, -0.2) is 18.8 Å². The van der Waals surface area contributed by atoms with Gasteiger partial charge >= 0.3 is 0 Å². The molecule has 1 aliphatic heterocycles. The third-order valence-corrected chi connectivity index (χ3v) is 5.06. The molecule has 0 aliphatic carbocycles. The number of fused-ring (bicyclic) bond motifs is 1. The van der Waals surface area contributed by atoms with Crippen molar-refractivity contribution >= 4 is 17.4 Å². The number of β-amino-alcohol motifs (C(OH)–C–C–N with tert-alkyl or cyclic N) is 1. The second-order valence-corrected chi connectivity index (χ2v) is 6.89. The van der Waals surface area contributed by atoms with E-state index in [2.05, 4.69) is 4.90 Å². The second kappa shape index (κ2) is 6.63. The van der Waals surface area contributed by atoms with Crippen LogP contribution in [0.15, 0.2) is 72.9 Å². The van der Waals surface area contributed by atoms with Crippen molar-refractivity contribution in [2.75, 3.05) is 18.6 Å². The first kappa shape index (κ1) is 16.9. The van der Waals surface area contributed by atoms with Crippen LogP contribution in [0.3, 0.4) is 0 Å². The lowest BCUT2D eigenvalue weighted by Gasteiger charge is -2.20. The summed E-state index contributed by atoms with van der Waals surface area (Å²) in [6.07, 6.45) is 1.91. The van der Waals surface area contributed by atoms with Gasteiger partial charge in [0.15, 0.2) is 6.54 Å². The number of ether oxygens (including phenoxy) is 1. The fourth-order valence-corrected chi connectivity index (χ4v) is 3.59. The molecule has 1 aliphatic rings. The van der Waals surface area contributed by atoms with Crippen LogP contribution in [0.2, 0.25) is 5.02 Å². The number of hydrogen-bond donors (Lipinski definition) is 1. The number of nitrogens with zero attached hydrogens (tertiary/aromatic N) is 2. The molecule has 132 valence electrons. The van der Waals surface area contributed by atoms with E-state index in [-0.39, 0.29) is 0 Å². The van der Waals surface area contributed by atoms with Crippen molar-refractivity contribution in [1.82, 2.24) is 0 Å². The quantitative estimate of drug-likeness (QED) is 0.718. The van der Waals surface area contributed by atoms with E-state index < -0.39 is 5.72 Å². The zero-order chi connectivity index (χ0) is 18.1. The molecule has 1 aromatic heterocycles. The van der Waals surface area contributed by atoms with Crippen molar-refractivity contribution < 1.29 is 14.4 Å². The Kier molecular flexibility index (Phi) is 4.31. The second-order valence-electron chi connectivity index (χ2n) is 6.46. The Bertz CT molecular complexity index is 912. The Morgan fingerprint density at radius 2 is 1.81 bits per heavy atom. The number of aromatic nitrogens is 1. The average molecular weight is 368 g/mol. The largest absolute Gasteiger partial charge is 0.497 e. The van der Waals surface area contributed by atoms with Gasteiger partial charge in [0.1, 0.15) is 12.3 Å². The SMILES string of the molecule is COc1ccc(CN2C[C@@](O)(c3ccc(Cl)cc3)[n+]3ccccc32)cc1. The number of aliphatic hydroxyl groups is 1. The normalized spacial score (nSPS) is 18.7. The molecule has 2 aromatic carbocycles. The van der Waals surface area contributed by atoms with Crippen LogP contribution in [0.25, 0.3) is 0 Å². The molecule has 26 heavy (non-hydrogen) atoms. The van der Waals surface area contributed by atoms with Crippen molar-refractivity contribution in [3.05, 3.63) is 89.1 Å². The summed E-state index contributed by atoms with van der Waals surface area (Å²) in [5.41, 5.74) is 0.839. The molecule has 1 N–H and O–H groups in total. The van der Waals surface area contributed by atoms with E-state index in [9.17, 15) is 5.11 Å². The Balaban J connectivity index is 1.68. The molecule has 0 saturated carbocycles. The van der Waals surface area contributed by atoms with Crippen LogP contribution in [0.1, 0.15) is 11.1 Å². The molecule has 0 unspecified atom stereocenters. The zero-order valence-corrected chi connectivity index (χ0v) is 15.2. The van der Waals surface area contributed by atoms with E-state index in [1.165, 1.54) is 0 Å². The van der Waals surface area contributed by atoms with Crippen molar-refractivity contribution in [2.24, 2.45) is 0 Å². The van der Waals surface area contributed by atoms with Gasteiger partial charge in [0, 0.05) is 16.7 Å². The molecule has 0 fully saturated rings. The highest BCUT2D eigenvalue weighted by Crippen LogP contribution is 2.31. The molecular formula is C21H20ClN2O2+. The number of benzene rings is 2. The third kappa shape index (κ3) is 2.91. The van der Waals surface area contributed by atoms with Crippen molar-refractivity contribution in [2.45, 2.75) is 12.3 Å². The van der Waals surface area contributed by atoms with Gasteiger partial charge < -0.3 is 9.84 Å². The van der Waals surface area contributed by atoms with E-state index in [4.69, 9.17) is 16.3 Å². The lowest BCUT2D eigenvalue weighted by molar-refractivity contribution is -0.770. The van der Waals surface area contributed by atoms with Gasteiger partial charge in [0.05, 0.1) is 13.3 Å². The smallest absolute Gasteiger partial charge is 0.279 e. The fourth-order valence-electron chi connectivity index (χ4n) is 3.46. The van der Waals surface area contributed by atoms with Gasteiger partial charge in [-0.3, -0.25) is 0 Å². The molecule has 0 amide bonds. The van der Waals surface area contributed by atoms with E-state index in [0.29, 0.717) is 18.1 Å². The molecule has 2 heterocycles. The summed E-state index contributed by atoms with van der Waals surface area (Å²) in [5.74, 6) is 1.81. The highest BCUT2D eigenvalue weighted by atomic mass is 35.5. The predicted molar refractivity (Wildman–Crippen MR) is 101 cm³/mol. The Hall–Kier alpha value is -2.56. The van der Waals surface area contributed by atoms with Gasteiger partial charge in [-0.15, -0.1) is 0 Å². The van der Waals surface area contributed by atoms with E-state index in [0.717, 1.165) is 22.7 Å². The summed E-state index contributed by atoms with van der Waals surface area (Å²) in [5, 5.41) is 12.2. The highest BCUT2D eigenvalue weighted by Gasteiger charge is 2.49. The summed E-state index contributed by atoms with van der Waals surface area (Å²) in [6, 6.07) is 21.3. The molecule has 5 heteroatoms. The summed E-state index contributed by atoms with van der Waals surface area (Å²) >= 11 is 6.02. The first-order valence-electron chi connectivity index (χ1n) is 8.47. The molecule has 0 spiro atoms. The maximum atomic E-state index is 11.5. The number of anilines is 1. The minimum absolute atomic E-state index is 0.463. The highest BCUT2D eigenvalue weighted by molar-refractivity contribution is 6.30. The summed E-state index contributed by atoms with van der Waals surface area (Å²) < 4.78 is 7.14.